The summed E-state index contributed by atoms with van der Waals surface area (Å²) in [5.41, 5.74) is 1.89. The van der Waals surface area contributed by atoms with Crippen molar-refractivity contribution in [2.24, 2.45) is 0 Å². The van der Waals surface area contributed by atoms with Crippen molar-refractivity contribution >= 4 is 6.03 Å². The number of nitrogens with zero attached hydrogens (tertiary/aromatic N) is 2. The van der Waals surface area contributed by atoms with Gasteiger partial charge >= 0.3 is 6.03 Å². The standard InChI is InChI=1S/C14H18N4O2/c1-11(17-14(20)15-8-10-19)12-5-2-3-6-13(12)18-9-4-7-16-18/h2-7,9,11,19H,8,10H2,1H3,(H2,15,17,20). The zero-order valence-electron chi connectivity index (χ0n) is 11.3. The number of rotatable bonds is 5. The van der Waals surface area contributed by atoms with Gasteiger partial charge < -0.3 is 15.7 Å². The van der Waals surface area contributed by atoms with E-state index in [4.69, 9.17) is 5.11 Å². The van der Waals surface area contributed by atoms with Gasteiger partial charge in [0.1, 0.15) is 0 Å². The number of benzene rings is 1. The topological polar surface area (TPSA) is 79.2 Å². The first-order chi connectivity index (χ1) is 9.72. The van der Waals surface area contributed by atoms with E-state index in [1.165, 1.54) is 0 Å². The van der Waals surface area contributed by atoms with Crippen molar-refractivity contribution in [3.8, 4) is 5.69 Å². The van der Waals surface area contributed by atoms with E-state index in [0.717, 1.165) is 11.3 Å². The lowest BCUT2D eigenvalue weighted by Crippen LogP contribution is -2.38. The first kappa shape index (κ1) is 14.1. The van der Waals surface area contributed by atoms with Crippen molar-refractivity contribution in [3.63, 3.8) is 0 Å². The van der Waals surface area contributed by atoms with Crippen molar-refractivity contribution in [1.82, 2.24) is 20.4 Å². The first-order valence-electron chi connectivity index (χ1n) is 6.46. The Morgan fingerprint density at radius 2 is 2.20 bits per heavy atom. The molecule has 2 aromatic rings. The van der Waals surface area contributed by atoms with E-state index in [0.29, 0.717) is 0 Å². The third-order valence-electron chi connectivity index (χ3n) is 2.90. The number of aromatic nitrogens is 2. The monoisotopic (exact) mass is 274 g/mol. The van der Waals surface area contributed by atoms with Crippen LogP contribution in [0.2, 0.25) is 0 Å². The molecule has 1 atom stereocenters. The Kier molecular flexibility index (Phi) is 4.73. The van der Waals surface area contributed by atoms with Gasteiger partial charge in [-0.05, 0) is 24.6 Å². The molecule has 0 spiro atoms. The lowest BCUT2D eigenvalue weighted by atomic mass is 10.1. The van der Waals surface area contributed by atoms with Crippen LogP contribution in [0.15, 0.2) is 42.7 Å². The van der Waals surface area contributed by atoms with E-state index in [1.807, 2.05) is 43.5 Å². The Bertz CT molecular complexity index is 554. The maximum atomic E-state index is 11.6. The average molecular weight is 274 g/mol. The number of amides is 2. The SMILES string of the molecule is CC(NC(=O)NCCO)c1ccccc1-n1cccn1. The fraction of sp³-hybridized carbons (Fsp3) is 0.286. The van der Waals surface area contributed by atoms with Gasteiger partial charge in [-0.2, -0.15) is 5.10 Å². The summed E-state index contributed by atoms with van der Waals surface area (Å²) in [5.74, 6) is 0. The van der Waals surface area contributed by atoms with Gasteiger partial charge in [-0.25, -0.2) is 9.48 Å². The number of carbonyl (C=O) groups is 1. The van der Waals surface area contributed by atoms with E-state index in [-0.39, 0.29) is 25.2 Å². The smallest absolute Gasteiger partial charge is 0.315 e. The normalized spacial score (nSPS) is 11.9. The summed E-state index contributed by atoms with van der Waals surface area (Å²) in [6.45, 7) is 2.06. The third-order valence-corrected chi connectivity index (χ3v) is 2.90. The predicted molar refractivity (Wildman–Crippen MR) is 75.6 cm³/mol. The van der Waals surface area contributed by atoms with E-state index in [9.17, 15) is 4.79 Å². The van der Waals surface area contributed by atoms with Crippen LogP contribution in [-0.2, 0) is 0 Å². The molecule has 0 radical (unpaired) electrons. The second-order valence-corrected chi connectivity index (χ2v) is 4.35. The van der Waals surface area contributed by atoms with Crippen molar-refractivity contribution < 1.29 is 9.90 Å². The molecule has 106 valence electrons. The van der Waals surface area contributed by atoms with Gasteiger partial charge in [0, 0.05) is 18.9 Å². The van der Waals surface area contributed by atoms with Crippen molar-refractivity contribution in [3.05, 3.63) is 48.3 Å². The minimum atomic E-state index is -0.304. The maximum absolute atomic E-state index is 11.6. The summed E-state index contributed by atoms with van der Waals surface area (Å²) < 4.78 is 1.76. The number of carbonyl (C=O) groups excluding carboxylic acids is 1. The Morgan fingerprint density at radius 3 is 2.90 bits per heavy atom. The molecule has 1 unspecified atom stereocenters. The molecule has 1 heterocycles. The minimum absolute atomic E-state index is 0.0777. The number of urea groups is 1. The predicted octanol–water partition coefficient (Wildman–Crippen LogP) is 1.22. The zero-order valence-corrected chi connectivity index (χ0v) is 11.3. The molecule has 1 aromatic carbocycles. The Balaban J connectivity index is 2.14. The number of hydrogen-bond donors (Lipinski definition) is 3. The number of nitrogens with one attached hydrogen (secondary N) is 2. The Labute approximate surface area is 117 Å². The molecule has 6 nitrogen and oxygen atoms in total. The van der Waals surface area contributed by atoms with Gasteiger partial charge in [0.25, 0.3) is 0 Å². The third kappa shape index (κ3) is 3.36. The lowest BCUT2D eigenvalue weighted by Gasteiger charge is -2.18. The lowest BCUT2D eigenvalue weighted by molar-refractivity contribution is 0.231. The second-order valence-electron chi connectivity index (χ2n) is 4.35. The molecule has 2 rings (SSSR count). The highest BCUT2D eigenvalue weighted by Gasteiger charge is 2.13. The fourth-order valence-electron chi connectivity index (χ4n) is 1.97. The fourth-order valence-corrected chi connectivity index (χ4v) is 1.97. The number of para-hydroxylation sites is 1. The van der Waals surface area contributed by atoms with Crippen LogP contribution in [0.4, 0.5) is 4.79 Å². The summed E-state index contributed by atoms with van der Waals surface area (Å²) in [6.07, 6.45) is 3.57. The highest BCUT2D eigenvalue weighted by Crippen LogP contribution is 2.20. The summed E-state index contributed by atoms with van der Waals surface area (Å²) in [5, 5.41) is 18.3. The molecule has 0 bridgehead atoms. The maximum Gasteiger partial charge on any atom is 0.315 e. The van der Waals surface area contributed by atoms with Gasteiger partial charge in [0.15, 0.2) is 0 Å². The molecule has 3 N–H and O–H groups in total. The van der Waals surface area contributed by atoms with E-state index in [2.05, 4.69) is 15.7 Å². The van der Waals surface area contributed by atoms with E-state index >= 15 is 0 Å². The van der Waals surface area contributed by atoms with Crippen LogP contribution < -0.4 is 10.6 Å². The molecule has 0 saturated carbocycles. The van der Waals surface area contributed by atoms with Gasteiger partial charge in [0.2, 0.25) is 0 Å². The molecule has 6 heteroatoms. The molecule has 0 aliphatic carbocycles. The molecule has 0 aliphatic rings. The Morgan fingerprint density at radius 1 is 1.40 bits per heavy atom. The molecule has 1 aromatic heterocycles. The Hall–Kier alpha value is -2.34. The second kappa shape index (κ2) is 6.72. The van der Waals surface area contributed by atoms with Gasteiger partial charge in [-0.15, -0.1) is 0 Å². The van der Waals surface area contributed by atoms with Crippen LogP contribution in [0, 0.1) is 0 Å². The summed E-state index contributed by atoms with van der Waals surface area (Å²) in [4.78, 5) is 11.6. The van der Waals surface area contributed by atoms with Crippen LogP contribution in [0.5, 0.6) is 0 Å². The summed E-state index contributed by atoms with van der Waals surface area (Å²) >= 11 is 0. The largest absolute Gasteiger partial charge is 0.395 e. The quantitative estimate of drug-likeness (QED) is 0.767. The summed E-state index contributed by atoms with van der Waals surface area (Å²) in [6, 6.07) is 9.13. The molecular formula is C14H18N4O2. The van der Waals surface area contributed by atoms with Crippen molar-refractivity contribution in [1.29, 1.82) is 0 Å². The van der Waals surface area contributed by atoms with Crippen LogP contribution in [0.25, 0.3) is 5.69 Å². The van der Waals surface area contributed by atoms with Gasteiger partial charge in [-0.3, -0.25) is 0 Å². The van der Waals surface area contributed by atoms with E-state index in [1.54, 1.807) is 10.9 Å². The van der Waals surface area contributed by atoms with Gasteiger partial charge in [-0.1, -0.05) is 18.2 Å². The number of aliphatic hydroxyl groups is 1. The number of hydrogen-bond acceptors (Lipinski definition) is 3. The highest BCUT2D eigenvalue weighted by atomic mass is 16.3. The van der Waals surface area contributed by atoms with Crippen molar-refractivity contribution in [2.45, 2.75) is 13.0 Å². The van der Waals surface area contributed by atoms with Crippen molar-refractivity contribution in [2.75, 3.05) is 13.2 Å². The van der Waals surface area contributed by atoms with Gasteiger partial charge in [0.05, 0.1) is 18.3 Å². The number of aliphatic hydroxyl groups excluding tert-OH is 1. The summed E-state index contributed by atoms with van der Waals surface area (Å²) in [7, 11) is 0. The molecule has 0 saturated heterocycles. The zero-order chi connectivity index (χ0) is 14.4. The van der Waals surface area contributed by atoms with Crippen LogP contribution in [-0.4, -0.2) is 34.1 Å². The molecule has 0 aliphatic heterocycles. The highest BCUT2D eigenvalue weighted by molar-refractivity contribution is 5.74. The minimum Gasteiger partial charge on any atom is -0.395 e. The molecule has 20 heavy (non-hydrogen) atoms. The van der Waals surface area contributed by atoms with Crippen LogP contribution in [0.3, 0.4) is 0 Å². The average Bonchev–Trinajstić information content (AvgIpc) is 2.99. The molecule has 2 amide bonds. The molecular weight excluding hydrogens is 256 g/mol. The molecule has 0 fully saturated rings. The van der Waals surface area contributed by atoms with E-state index < -0.39 is 0 Å². The van der Waals surface area contributed by atoms with Crippen LogP contribution >= 0.6 is 0 Å². The van der Waals surface area contributed by atoms with Crippen LogP contribution in [0.1, 0.15) is 18.5 Å². The first-order valence-corrected chi connectivity index (χ1v) is 6.46.